The Morgan fingerprint density at radius 1 is 1.24 bits per heavy atom. The Kier molecular flexibility index (Phi) is 6.39. The molecule has 1 aromatic rings. The van der Waals surface area contributed by atoms with Gasteiger partial charge in [0.05, 0.1) is 0 Å². The van der Waals surface area contributed by atoms with Gasteiger partial charge in [-0.3, -0.25) is 0 Å². The van der Waals surface area contributed by atoms with Crippen LogP contribution in [0.3, 0.4) is 0 Å². The van der Waals surface area contributed by atoms with Gasteiger partial charge in [0, 0.05) is 0 Å². The van der Waals surface area contributed by atoms with Crippen molar-refractivity contribution in [3.8, 4) is 12.3 Å². The fourth-order valence-corrected chi connectivity index (χ4v) is 1.83. The van der Waals surface area contributed by atoms with Gasteiger partial charge in [-0.1, -0.05) is 30.2 Å². The third-order valence-electron chi connectivity index (χ3n) is 2.80. The molecular formula is C15H21NO. The number of terminal acetylenes is 1. The molecule has 1 unspecified atom stereocenters. The monoisotopic (exact) mass is 231 g/mol. The van der Waals surface area contributed by atoms with Gasteiger partial charge in [0.2, 0.25) is 0 Å². The van der Waals surface area contributed by atoms with Crippen molar-refractivity contribution < 1.29 is 5.11 Å². The average Bonchev–Trinajstić information content (AvgIpc) is 2.36. The van der Waals surface area contributed by atoms with Gasteiger partial charge in [-0.15, -0.1) is 6.42 Å². The maximum Gasteiger partial charge on any atom is 0.114 e. The van der Waals surface area contributed by atoms with Crippen LogP contribution in [0.4, 0.5) is 0 Å². The predicted octanol–water partition coefficient (Wildman–Crippen LogP) is 1.89. The van der Waals surface area contributed by atoms with E-state index in [4.69, 9.17) is 12.2 Å². The SMILES string of the molecule is C#CC(O)CCCc1cccc(CCCN)c1. The molecule has 92 valence electrons. The minimum Gasteiger partial charge on any atom is -0.380 e. The number of benzene rings is 1. The van der Waals surface area contributed by atoms with Gasteiger partial charge in [-0.05, 0) is 49.8 Å². The summed E-state index contributed by atoms with van der Waals surface area (Å²) in [6, 6.07) is 8.56. The summed E-state index contributed by atoms with van der Waals surface area (Å²) in [5.41, 5.74) is 8.14. The van der Waals surface area contributed by atoms with E-state index in [1.54, 1.807) is 0 Å². The van der Waals surface area contributed by atoms with Gasteiger partial charge in [0.1, 0.15) is 6.10 Å². The standard InChI is InChI=1S/C15H21NO/c1-2-15(17)10-4-8-13-6-3-7-14(12-13)9-5-11-16/h1,3,6-7,12,15,17H,4-5,8-11,16H2. The molecule has 1 atom stereocenters. The summed E-state index contributed by atoms with van der Waals surface area (Å²) >= 11 is 0. The molecule has 0 amide bonds. The Balaban J connectivity index is 2.40. The number of aryl methyl sites for hydroxylation is 2. The molecule has 0 aliphatic rings. The Morgan fingerprint density at radius 2 is 1.88 bits per heavy atom. The quantitative estimate of drug-likeness (QED) is 0.704. The molecule has 2 heteroatoms. The lowest BCUT2D eigenvalue weighted by Crippen LogP contribution is -2.03. The molecule has 1 aromatic carbocycles. The van der Waals surface area contributed by atoms with Crippen LogP contribution >= 0.6 is 0 Å². The van der Waals surface area contributed by atoms with Crippen LogP contribution in [0.2, 0.25) is 0 Å². The topological polar surface area (TPSA) is 46.2 Å². The van der Waals surface area contributed by atoms with E-state index in [-0.39, 0.29) is 0 Å². The number of nitrogens with two attached hydrogens (primary N) is 1. The van der Waals surface area contributed by atoms with Crippen molar-refractivity contribution in [1.82, 2.24) is 0 Å². The summed E-state index contributed by atoms with van der Waals surface area (Å²) in [4.78, 5) is 0. The maximum absolute atomic E-state index is 9.26. The van der Waals surface area contributed by atoms with Crippen molar-refractivity contribution in [2.45, 2.75) is 38.2 Å². The first-order valence-corrected chi connectivity index (χ1v) is 6.18. The van der Waals surface area contributed by atoms with Gasteiger partial charge in [0.15, 0.2) is 0 Å². The molecule has 0 heterocycles. The molecule has 3 N–H and O–H groups in total. The van der Waals surface area contributed by atoms with Crippen molar-refractivity contribution in [2.75, 3.05) is 6.54 Å². The first kappa shape index (κ1) is 13.8. The number of rotatable bonds is 7. The van der Waals surface area contributed by atoms with E-state index < -0.39 is 6.10 Å². The highest BCUT2D eigenvalue weighted by atomic mass is 16.3. The van der Waals surface area contributed by atoms with Crippen LogP contribution in [-0.2, 0) is 12.8 Å². The Labute approximate surface area is 104 Å². The molecule has 0 bridgehead atoms. The second kappa shape index (κ2) is 7.89. The maximum atomic E-state index is 9.26. The summed E-state index contributed by atoms with van der Waals surface area (Å²) in [5, 5.41) is 9.26. The molecule has 0 spiro atoms. The first-order valence-electron chi connectivity index (χ1n) is 6.18. The molecule has 0 aliphatic heterocycles. The molecule has 0 saturated heterocycles. The number of hydrogen-bond donors (Lipinski definition) is 2. The zero-order chi connectivity index (χ0) is 12.5. The van der Waals surface area contributed by atoms with Gasteiger partial charge in [-0.2, -0.15) is 0 Å². The van der Waals surface area contributed by atoms with E-state index in [0.29, 0.717) is 6.42 Å². The highest BCUT2D eigenvalue weighted by Crippen LogP contribution is 2.11. The zero-order valence-electron chi connectivity index (χ0n) is 10.2. The lowest BCUT2D eigenvalue weighted by molar-refractivity contribution is 0.219. The summed E-state index contributed by atoms with van der Waals surface area (Å²) in [7, 11) is 0. The second-order valence-corrected chi connectivity index (χ2v) is 4.29. The number of aliphatic hydroxyl groups is 1. The molecule has 17 heavy (non-hydrogen) atoms. The van der Waals surface area contributed by atoms with Crippen LogP contribution < -0.4 is 5.73 Å². The van der Waals surface area contributed by atoms with Crippen molar-refractivity contribution in [2.24, 2.45) is 5.73 Å². The fourth-order valence-electron chi connectivity index (χ4n) is 1.83. The fraction of sp³-hybridized carbons (Fsp3) is 0.467. The van der Waals surface area contributed by atoms with E-state index in [1.165, 1.54) is 11.1 Å². The smallest absolute Gasteiger partial charge is 0.114 e. The highest BCUT2D eigenvalue weighted by molar-refractivity contribution is 5.23. The van der Waals surface area contributed by atoms with Crippen LogP contribution in [0.1, 0.15) is 30.4 Å². The van der Waals surface area contributed by atoms with Gasteiger partial charge in [-0.25, -0.2) is 0 Å². The first-order chi connectivity index (χ1) is 8.26. The van der Waals surface area contributed by atoms with Gasteiger partial charge < -0.3 is 10.8 Å². The van der Waals surface area contributed by atoms with Crippen LogP contribution in [0, 0.1) is 12.3 Å². The lowest BCUT2D eigenvalue weighted by atomic mass is 10.0. The Morgan fingerprint density at radius 3 is 2.47 bits per heavy atom. The Hall–Kier alpha value is -1.30. The molecule has 0 aliphatic carbocycles. The van der Waals surface area contributed by atoms with Gasteiger partial charge >= 0.3 is 0 Å². The largest absolute Gasteiger partial charge is 0.380 e. The molecule has 0 fully saturated rings. The van der Waals surface area contributed by atoms with E-state index in [0.717, 1.165) is 32.2 Å². The normalized spacial score (nSPS) is 12.1. The third kappa shape index (κ3) is 5.53. The van der Waals surface area contributed by atoms with Crippen LogP contribution in [0.25, 0.3) is 0 Å². The zero-order valence-corrected chi connectivity index (χ0v) is 10.2. The predicted molar refractivity (Wildman–Crippen MR) is 71.6 cm³/mol. The molecule has 2 nitrogen and oxygen atoms in total. The minimum absolute atomic E-state index is 0.601. The van der Waals surface area contributed by atoms with E-state index in [9.17, 15) is 5.11 Å². The molecule has 0 aromatic heterocycles. The lowest BCUT2D eigenvalue weighted by Gasteiger charge is -2.06. The third-order valence-corrected chi connectivity index (χ3v) is 2.80. The van der Waals surface area contributed by atoms with Crippen LogP contribution in [-0.4, -0.2) is 17.8 Å². The Bertz CT molecular complexity index is 367. The summed E-state index contributed by atoms with van der Waals surface area (Å²) in [6.07, 6.45) is 9.14. The summed E-state index contributed by atoms with van der Waals surface area (Å²) in [6.45, 7) is 0.735. The van der Waals surface area contributed by atoms with E-state index in [2.05, 4.69) is 30.2 Å². The summed E-state index contributed by atoms with van der Waals surface area (Å²) < 4.78 is 0. The molecule has 1 rings (SSSR count). The van der Waals surface area contributed by atoms with Crippen LogP contribution in [0.15, 0.2) is 24.3 Å². The number of aliphatic hydroxyl groups excluding tert-OH is 1. The van der Waals surface area contributed by atoms with Crippen LogP contribution in [0.5, 0.6) is 0 Å². The summed E-state index contributed by atoms with van der Waals surface area (Å²) in [5.74, 6) is 2.33. The van der Waals surface area contributed by atoms with Gasteiger partial charge in [0.25, 0.3) is 0 Å². The average molecular weight is 231 g/mol. The van der Waals surface area contributed by atoms with Crippen molar-refractivity contribution in [3.05, 3.63) is 35.4 Å². The van der Waals surface area contributed by atoms with Crippen molar-refractivity contribution >= 4 is 0 Å². The van der Waals surface area contributed by atoms with Crippen molar-refractivity contribution in [3.63, 3.8) is 0 Å². The minimum atomic E-state index is -0.601. The highest BCUT2D eigenvalue weighted by Gasteiger charge is 2.00. The van der Waals surface area contributed by atoms with E-state index in [1.807, 2.05) is 0 Å². The number of hydrogen-bond acceptors (Lipinski definition) is 2. The van der Waals surface area contributed by atoms with Crippen molar-refractivity contribution in [1.29, 1.82) is 0 Å². The molecule has 0 radical (unpaired) electrons. The molecular weight excluding hydrogens is 210 g/mol. The van der Waals surface area contributed by atoms with E-state index >= 15 is 0 Å². The second-order valence-electron chi connectivity index (χ2n) is 4.29. The molecule has 0 saturated carbocycles.